The van der Waals surface area contributed by atoms with E-state index in [4.69, 9.17) is 20.8 Å². The van der Waals surface area contributed by atoms with E-state index in [0.717, 1.165) is 33.6 Å². The molecule has 0 aliphatic carbocycles. The molecular formula is C18H17NO2PS2+. The van der Waals surface area contributed by atoms with Gasteiger partial charge in [-0.3, -0.25) is 4.99 Å². The van der Waals surface area contributed by atoms with Crippen LogP contribution in [0, 0.1) is 0 Å². The highest BCUT2D eigenvalue weighted by molar-refractivity contribution is 8.63. The molecule has 0 aromatic heterocycles. The highest BCUT2D eigenvalue weighted by Crippen LogP contribution is 2.52. The number of nitrogens with zero attached hydrogens (tertiary/aromatic N) is 1. The summed E-state index contributed by atoms with van der Waals surface area (Å²) in [6.45, 7) is 6.02. The summed E-state index contributed by atoms with van der Waals surface area (Å²) in [5.74, 6) is 1.43. The minimum Gasteiger partial charge on any atom is -0.497 e. The van der Waals surface area contributed by atoms with Crippen LogP contribution < -0.4 is 10.0 Å². The first kappa shape index (κ1) is 17.2. The summed E-state index contributed by atoms with van der Waals surface area (Å²) in [4.78, 5) is 4.56. The predicted molar refractivity (Wildman–Crippen MR) is 109 cm³/mol. The molecule has 3 rings (SSSR count). The largest absolute Gasteiger partial charge is 0.497 e. The Hall–Kier alpha value is -1.68. The highest BCUT2D eigenvalue weighted by Gasteiger charge is 2.35. The number of aliphatic imine (C=N–C) groups is 1. The number of hydrogen-bond donors (Lipinski definition) is 1. The molecule has 0 bridgehead atoms. The van der Waals surface area contributed by atoms with Gasteiger partial charge in [-0.1, -0.05) is 18.7 Å². The van der Waals surface area contributed by atoms with Crippen molar-refractivity contribution in [3.63, 3.8) is 0 Å². The van der Waals surface area contributed by atoms with Gasteiger partial charge in [-0.05, 0) is 55.6 Å². The molecule has 0 amide bonds. The summed E-state index contributed by atoms with van der Waals surface area (Å²) >= 11 is 10.4. The third kappa shape index (κ3) is 3.25. The van der Waals surface area contributed by atoms with Crippen molar-refractivity contribution in [3.8, 4) is 5.75 Å². The second-order valence-electron chi connectivity index (χ2n) is 5.33. The molecule has 122 valence electrons. The second kappa shape index (κ2) is 6.67. The molecule has 1 heterocycles. The number of methoxy groups -OCH3 is 1. The zero-order chi connectivity index (χ0) is 17.3. The highest BCUT2D eigenvalue weighted by atomic mass is 32.9. The van der Waals surface area contributed by atoms with E-state index in [1.807, 2.05) is 55.5 Å². The SMILES string of the molecule is C=C1C(C)=Nc2ccccc2C1=[O+]P(=S)(S)c1ccc(OC)cc1. The zero-order valence-corrected chi connectivity index (χ0v) is 16.0. The van der Waals surface area contributed by atoms with E-state index in [2.05, 4.69) is 23.8 Å². The molecule has 0 saturated carbocycles. The van der Waals surface area contributed by atoms with Crippen LogP contribution in [0.25, 0.3) is 0 Å². The number of allylic oxidation sites excluding steroid dienone is 1. The number of rotatable bonds is 3. The molecular weight excluding hydrogens is 357 g/mol. The number of carbonyl (C=O) groups excluding carboxylic acids is 1. The van der Waals surface area contributed by atoms with E-state index in [-0.39, 0.29) is 0 Å². The van der Waals surface area contributed by atoms with Gasteiger partial charge in [0.2, 0.25) is 0 Å². The van der Waals surface area contributed by atoms with Crippen LogP contribution in [0.5, 0.6) is 5.75 Å². The summed E-state index contributed by atoms with van der Waals surface area (Å²) in [6, 6.07) is 15.3. The summed E-state index contributed by atoms with van der Waals surface area (Å²) in [6.07, 6.45) is 0. The summed E-state index contributed by atoms with van der Waals surface area (Å²) < 4.78 is 11.4. The molecule has 1 aliphatic rings. The Bertz CT molecular complexity index is 917. The Kier molecular flexibility index (Phi) is 4.77. The van der Waals surface area contributed by atoms with E-state index in [1.165, 1.54) is 0 Å². The Morgan fingerprint density at radius 1 is 1.17 bits per heavy atom. The van der Waals surface area contributed by atoms with Crippen molar-refractivity contribution in [2.75, 3.05) is 7.11 Å². The molecule has 1 atom stereocenters. The second-order valence-corrected chi connectivity index (χ2v) is 11.1. The smallest absolute Gasteiger partial charge is 0.406 e. The van der Waals surface area contributed by atoms with Gasteiger partial charge in [0.25, 0.3) is 0 Å². The molecule has 1 unspecified atom stereocenters. The first-order valence-corrected chi connectivity index (χ1v) is 11.2. The average Bonchev–Trinajstić information content (AvgIpc) is 2.59. The Balaban J connectivity index is 2.10. The third-order valence-electron chi connectivity index (χ3n) is 3.76. The molecule has 2 aromatic rings. The first-order chi connectivity index (χ1) is 11.4. The van der Waals surface area contributed by atoms with Gasteiger partial charge in [-0.15, -0.1) is 0 Å². The van der Waals surface area contributed by atoms with Crippen LogP contribution >= 0.6 is 17.7 Å². The Morgan fingerprint density at radius 3 is 2.50 bits per heavy atom. The Morgan fingerprint density at radius 2 is 1.83 bits per heavy atom. The van der Waals surface area contributed by atoms with Crippen molar-refractivity contribution >= 4 is 52.0 Å². The fourth-order valence-corrected chi connectivity index (χ4v) is 4.71. The number of thiol groups is 1. The van der Waals surface area contributed by atoms with Gasteiger partial charge in [-0.2, -0.15) is 0 Å². The van der Waals surface area contributed by atoms with Gasteiger partial charge >= 0.3 is 11.2 Å². The predicted octanol–water partition coefficient (Wildman–Crippen LogP) is 4.64. The number of benzene rings is 2. The van der Waals surface area contributed by atoms with Crippen LogP contribution in [-0.2, 0) is 11.8 Å². The molecule has 0 N–H and O–H groups in total. The molecule has 24 heavy (non-hydrogen) atoms. The summed E-state index contributed by atoms with van der Waals surface area (Å²) in [5.41, 5.74) is 0.769. The quantitative estimate of drug-likeness (QED) is 0.367. The fourth-order valence-electron chi connectivity index (χ4n) is 2.39. The van der Waals surface area contributed by atoms with E-state index < -0.39 is 5.47 Å². The topological polar surface area (TPSA) is 32.9 Å². The van der Waals surface area contributed by atoms with Crippen molar-refractivity contribution in [3.05, 3.63) is 66.2 Å². The lowest BCUT2D eigenvalue weighted by molar-refractivity contribution is -0.0453. The molecule has 3 nitrogen and oxygen atoms in total. The minimum atomic E-state index is -2.54. The molecule has 2 aromatic carbocycles. The van der Waals surface area contributed by atoms with Crippen LogP contribution in [0.1, 0.15) is 16.7 Å². The first-order valence-electron chi connectivity index (χ1n) is 7.30. The minimum absolute atomic E-state index is 0.659. The lowest BCUT2D eigenvalue weighted by Gasteiger charge is -2.12. The number of fused-ring (bicyclic) bond motifs is 1. The molecule has 0 spiro atoms. The normalized spacial score (nSPS) is 17.9. The van der Waals surface area contributed by atoms with Gasteiger partial charge in [0, 0.05) is 11.8 Å². The van der Waals surface area contributed by atoms with E-state index in [9.17, 15) is 0 Å². The van der Waals surface area contributed by atoms with Gasteiger partial charge in [0.15, 0.2) is 0 Å². The lowest BCUT2D eigenvalue weighted by Crippen LogP contribution is -2.16. The van der Waals surface area contributed by atoms with Gasteiger partial charge in [-0.25, -0.2) is 4.21 Å². The lowest BCUT2D eigenvalue weighted by atomic mass is 9.97. The monoisotopic (exact) mass is 374 g/mol. The number of hydrogen-bond acceptors (Lipinski definition) is 3. The van der Waals surface area contributed by atoms with E-state index in [1.54, 1.807) is 7.11 Å². The standard InChI is InChI=1S/C18H16NO2PS2/c1-12-13(2)19-17-7-5-4-6-16(17)18(12)21-22(23,24)15-10-8-14(20-3)9-11-15/h4-11H,1H2,2-3H3/p+1. The van der Waals surface area contributed by atoms with Crippen molar-refractivity contribution in [1.82, 2.24) is 0 Å². The Labute approximate surface area is 152 Å². The van der Waals surface area contributed by atoms with Gasteiger partial charge < -0.3 is 4.74 Å². The van der Waals surface area contributed by atoms with E-state index >= 15 is 0 Å². The summed E-state index contributed by atoms with van der Waals surface area (Å²) in [5, 5.41) is 0.861. The van der Waals surface area contributed by atoms with Gasteiger partial charge in [0.05, 0.1) is 29.4 Å². The maximum atomic E-state index is 6.23. The maximum absolute atomic E-state index is 6.23. The van der Waals surface area contributed by atoms with Crippen LogP contribution in [0.3, 0.4) is 0 Å². The molecule has 0 radical (unpaired) electrons. The molecule has 0 saturated heterocycles. The summed E-state index contributed by atoms with van der Waals surface area (Å²) in [7, 11) is 1.63. The van der Waals surface area contributed by atoms with Crippen molar-refractivity contribution in [2.24, 2.45) is 4.99 Å². The molecule has 0 fully saturated rings. The van der Waals surface area contributed by atoms with Gasteiger partial charge in [0.1, 0.15) is 11.3 Å². The molecule has 1 aliphatic heterocycles. The van der Waals surface area contributed by atoms with Crippen LogP contribution in [0.15, 0.2) is 65.7 Å². The van der Waals surface area contributed by atoms with Crippen LogP contribution in [0.4, 0.5) is 5.69 Å². The number of para-hydroxylation sites is 1. The van der Waals surface area contributed by atoms with Crippen molar-refractivity contribution < 1.29 is 8.95 Å². The zero-order valence-electron chi connectivity index (χ0n) is 13.4. The van der Waals surface area contributed by atoms with Crippen LogP contribution in [-0.4, -0.2) is 18.6 Å². The number of ether oxygens (including phenoxy) is 1. The van der Waals surface area contributed by atoms with Crippen LogP contribution in [0.2, 0.25) is 0 Å². The maximum Gasteiger partial charge on any atom is 0.406 e. The fraction of sp³-hybridized carbons (Fsp3) is 0.111. The third-order valence-corrected chi connectivity index (χ3v) is 6.94. The van der Waals surface area contributed by atoms with Crippen molar-refractivity contribution in [2.45, 2.75) is 6.92 Å². The van der Waals surface area contributed by atoms with E-state index in [0.29, 0.717) is 5.78 Å². The van der Waals surface area contributed by atoms with Crippen molar-refractivity contribution in [1.29, 1.82) is 0 Å². The number of ketones is 1. The average molecular weight is 374 g/mol. The molecule has 6 heteroatoms.